The molecule has 1 atom stereocenters. The molecule has 0 heterocycles. The number of benzene rings is 2. The van der Waals surface area contributed by atoms with E-state index in [0.717, 1.165) is 11.1 Å². The van der Waals surface area contributed by atoms with Crippen LogP contribution >= 0.6 is 12.6 Å². The summed E-state index contributed by atoms with van der Waals surface area (Å²) in [5.41, 5.74) is 6.97. The SMILES string of the molecule is CC(C)(C)OC(=O)c1ccccc1-c1ccccc1.N[C@@H](CS)C(=O)O. The summed E-state index contributed by atoms with van der Waals surface area (Å²) in [7, 11) is 0. The fourth-order valence-electron chi connectivity index (χ4n) is 1.94. The Morgan fingerprint density at radius 3 is 2.08 bits per heavy atom. The van der Waals surface area contributed by atoms with Gasteiger partial charge in [0.1, 0.15) is 11.6 Å². The average Bonchev–Trinajstić information content (AvgIpc) is 2.60. The van der Waals surface area contributed by atoms with Crippen LogP contribution in [0.2, 0.25) is 0 Å². The molecule has 0 amide bonds. The number of esters is 1. The van der Waals surface area contributed by atoms with Crippen LogP contribution in [0.1, 0.15) is 31.1 Å². The van der Waals surface area contributed by atoms with Gasteiger partial charge in [0.2, 0.25) is 0 Å². The predicted octanol–water partition coefficient (Wildman–Crippen LogP) is 3.64. The molecular formula is C20H25NO4S. The monoisotopic (exact) mass is 375 g/mol. The third-order valence-electron chi connectivity index (χ3n) is 3.14. The standard InChI is InChI=1S/C17H18O2.C3H7NO2S/c1-17(2,3)19-16(18)15-12-8-7-11-14(15)13-9-5-4-6-10-13;4-2(1-7)3(5)6/h4-12H,1-3H3;2,7H,1,4H2,(H,5,6)/t;2-/m.0/s1. The molecule has 3 N–H and O–H groups in total. The van der Waals surface area contributed by atoms with Crippen molar-refractivity contribution in [1.82, 2.24) is 0 Å². The molecule has 140 valence electrons. The van der Waals surface area contributed by atoms with E-state index in [9.17, 15) is 9.59 Å². The van der Waals surface area contributed by atoms with E-state index in [4.69, 9.17) is 15.6 Å². The van der Waals surface area contributed by atoms with E-state index in [2.05, 4.69) is 12.6 Å². The second-order valence-electron chi connectivity index (χ2n) is 6.54. The highest BCUT2D eigenvalue weighted by Gasteiger charge is 2.20. The number of rotatable bonds is 4. The van der Waals surface area contributed by atoms with Crippen molar-refractivity contribution < 1.29 is 19.4 Å². The Kier molecular flexibility index (Phi) is 8.35. The summed E-state index contributed by atoms with van der Waals surface area (Å²) < 4.78 is 5.45. The van der Waals surface area contributed by atoms with Gasteiger partial charge in [-0.3, -0.25) is 4.79 Å². The summed E-state index contributed by atoms with van der Waals surface area (Å²) in [5, 5.41) is 8.01. The van der Waals surface area contributed by atoms with E-state index >= 15 is 0 Å². The van der Waals surface area contributed by atoms with Crippen molar-refractivity contribution in [3.63, 3.8) is 0 Å². The minimum absolute atomic E-state index is 0.190. The minimum Gasteiger partial charge on any atom is -0.480 e. The van der Waals surface area contributed by atoms with E-state index in [-0.39, 0.29) is 11.7 Å². The number of carboxylic acid groups (broad SMARTS) is 1. The summed E-state index contributed by atoms with van der Waals surface area (Å²) in [6, 6.07) is 16.6. The zero-order chi connectivity index (χ0) is 19.7. The highest BCUT2D eigenvalue weighted by atomic mass is 32.1. The normalized spacial score (nSPS) is 11.7. The number of hydrogen-bond donors (Lipinski definition) is 3. The molecule has 0 aliphatic carbocycles. The summed E-state index contributed by atoms with van der Waals surface area (Å²) in [4.78, 5) is 22.0. The first-order valence-corrected chi connectivity index (χ1v) is 8.76. The van der Waals surface area contributed by atoms with Crippen LogP contribution < -0.4 is 5.73 Å². The van der Waals surface area contributed by atoms with Gasteiger partial charge in [-0.25, -0.2) is 4.79 Å². The largest absolute Gasteiger partial charge is 0.480 e. The first kappa shape index (κ1) is 21.7. The van der Waals surface area contributed by atoms with E-state index in [1.165, 1.54) is 0 Å². The van der Waals surface area contributed by atoms with Gasteiger partial charge in [0.15, 0.2) is 0 Å². The van der Waals surface area contributed by atoms with Gasteiger partial charge in [0, 0.05) is 5.75 Å². The lowest BCUT2D eigenvalue weighted by Gasteiger charge is -2.20. The van der Waals surface area contributed by atoms with Gasteiger partial charge in [-0.05, 0) is 38.0 Å². The third kappa shape index (κ3) is 7.29. The van der Waals surface area contributed by atoms with Crippen LogP contribution in [0, 0.1) is 0 Å². The van der Waals surface area contributed by atoms with E-state index < -0.39 is 17.6 Å². The molecule has 2 rings (SSSR count). The number of carbonyl (C=O) groups excluding carboxylic acids is 1. The molecule has 0 fully saturated rings. The van der Waals surface area contributed by atoms with Crippen LogP contribution in [-0.4, -0.2) is 34.4 Å². The number of nitrogens with two attached hydrogens (primary N) is 1. The van der Waals surface area contributed by atoms with Crippen molar-refractivity contribution >= 4 is 24.6 Å². The second-order valence-corrected chi connectivity index (χ2v) is 6.91. The van der Waals surface area contributed by atoms with Gasteiger partial charge in [-0.2, -0.15) is 12.6 Å². The van der Waals surface area contributed by atoms with Gasteiger partial charge < -0.3 is 15.6 Å². The van der Waals surface area contributed by atoms with E-state index in [1.807, 2.05) is 69.3 Å². The van der Waals surface area contributed by atoms with Crippen LogP contribution in [0.5, 0.6) is 0 Å². The van der Waals surface area contributed by atoms with Crippen molar-refractivity contribution in [3.8, 4) is 11.1 Å². The Balaban J connectivity index is 0.000000412. The van der Waals surface area contributed by atoms with Gasteiger partial charge in [0.05, 0.1) is 5.56 Å². The molecular weight excluding hydrogens is 350 g/mol. The van der Waals surface area contributed by atoms with Crippen molar-refractivity contribution in [2.75, 3.05) is 5.75 Å². The lowest BCUT2D eigenvalue weighted by molar-refractivity contribution is -0.137. The molecule has 5 nitrogen and oxygen atoms in total. The first-order valence-electron chi connectivity index (χ1n) is 8.12. The topological polar surface area (TPSA) is 89.6 Å². The molecule has 26 heavy (non-hydrogen) atoms. The van der Waals surface area contributed by atoms with Crippen LogP contribution in [0.15, 0.2) is 54.6 Å². The van der Waals surface area contributed by atoms with Crippen LogP contribution in [0.25, 0.3) is 11.1 Å². The molecule has 2 aromatic rings. The molecule has 0 radical (unpaired) electrons. The number of carboxylic acids is 1. The molecule has 0 aliphatic heterocycles. The predicted molar refractivity (Wildman–Crippen MR) is 107 cm³/mol. The molecule has 0 bridgehead atoms. The van der Waals surface area contributed by atoms with Crippen LogP contribution in [-0.2, 0) is 9.53 Å². The maximum atomic E-state index is 12.2. The van der Waals surface area contributed by atoms with Gasteiger partial charge in [-0.15, -0.1) is 0 Å². The molecule has 0 saturated carbocycles. The average molecular weight is 375 g/mol. The molecule has 0 saturated heterocycles. The molecule has 0 spiro atoms. The van der Waals surface area contributed by atoms with Gasteiger partial charge in [-0.1, -0.05) is 48.5 Å². The number of thiol groups is 1. The molecule has 2 aromatic carbocycles. The Morgan fingerprint density at radius 1 is 1.08 bits per heavy atom. The number of aliphatic carboxylic acids is 1. The zero-order valence-electron chi connectivity index (χ0n) is 15.2. The van der Waals surface area contributed by atoms with E-state index in [0.29, 0.717) is 5.56 Å². The number of ether oxygens (including phenoxy) is 1. The highest BCUT2D eigenvalue weighted by molar-refractivity contribution is 7.80. The van der Waals surface area contributed by atoms with Crippen molar-refractivity contribution in [3.05, 3.63) is 60.2 Å². The molecule has 0 unspecified atom stereocenters. The lowest BCUT2D eigenvalue weighted by atomic mass is 10.00. The van der Waals surface area contributed by atoms with Crippen molar-refractivity contribution in [1.29, 1.82) is 0 Å². The van der Waals surface area contributed by atoms with Crippen LogP contribution in [0.4, 0.5) is 0 Å². The lowest BCUT2D eigenvalue weighted by Crippen LogP contribution is -2.31. The summed E-state index contributed by atoms with van der Waals surface area (Å²) in [6.07, 6.45) is 0. The first-order chi connectivity index (χ1) is 12.2. The second kappa shape index (κ2) is 9.99. The third-order valence-corrected chi connectivity index (χ3v) is 3.54. The fourth-order valence-corrected chi connectivity index (χ4v) is 2.10. The Bertz CT molecular complexity index is 726. The maximum Gasteiger partial charge on any atom is 0.339 e. The molecule has 0 aromatic heterocycles. The van der Waals surface area contributed by atoms with Gasteiger partial charge in [0.25, 0.3) is 0 Å². The quantitative estimate of drug-likeness (QED) is 0.561. The number of hydrogen-bond acceptors (Lipinski definition) is 5. The highest BCUT2D eigenvalue weighted by Crippen LogP contribution is 2.25. The fraction of sp³-hybridized carbons (Fsp3) is 0.300. The Hall–Kier alpha value is -2.31. The molecule has 0 aliphatic rings. The smallest absolute Gasteiger partial charge is 0.339 e. The van der Waals surface area contributed by atoms with Crippen molar-refractivity contribution in [2.45, 2.75) is 32.4 Å². The molecule has 6 heteroatoms. The van der Waals surface area contributed by atoms with Crippen molar-refractivity contribution in [2.24, 2.45) is 5.73 Å². The van der Waals surface area contributed by atoms with Crippen LogP contribution in [0.3, 0.4) is 0 Å². The summed E-state index contributed by atoms with van der Waals surface area (Å²) >= 11 is 3.65. The zero-order valence-corrected chi connectivity index (χ0v) is 16.1. The maximum absolute atomic E-state index is 12.2. The number of carbonyl (C=O) groups is 2. The Labute approximate surface area is 159 Å². The summed E-state index contributed by atoms with van der Waals surface area (Å²) in [6.45, 7) is 5.61. The van der Waals surface area contributed by atoms with Gasteiger partial charge >= 0.3 is 11.9 Å². The van der Waals surface area contributed by atoms with E-state index in [1.54, 1.807) is 6.07 Å². The summed E-state index contributed by atoms with van der Waals surface area (Å²) in [5.74, 6) is -1.10. The minimum atomic E-state index is -1.00. The Morgan fingerprint density at radius 2 is 1.62 bits per heavy atom.